The van der Waals surface area contributed by atoms with Gasteiger partial charge in [-0.05, 0) is 114 Å². The van der Waals surface area contributed by atoms with Crippen LogP contribution in [0.2, 0.25) is 0 Å². The van der Waals surface area contributed by atoms with Gasteiger partial charge in [0.05, 0.1) is 50.2 Å². The second kappa shape index (κ2) is 17.2. The highest BCUT2D eigenvalue weighted by Gasteiger charge is 2.49. The van der Waals surface area contributed by atoms with Crippen molar-refractivity contribution in [3.63, 3.8) is 0 Å². The Kier molecular flexibility index (Phi) is 11.1. The van der Waals surface area contributed by atoms with E-state index < -0.39 is 16.6 Å². The van der Waals surface area contributed by atoms with Crippen LogP contribution in [0.1, 0.15) is 77.5 Å². The topological polar surface area (TPSA) is 75.8 Å². The van der Waals surface area contributed by atoms with Gasteiger partial charge in [0.2, 0.25) is 0 Å². The summed E-state index contributed by atoms with van der Waals surface area (Å²) in [5, 5.41) is 3.42. The first kappa shape index (κ1) is 42.5. The van der Waals surface area contributed by atoms with Crippen molar-refractivity contribution in [2.45, 2.75) is 77.4 Å². The van der Waals surface area contributed by atoms with Crippen molar-refractivity contribution in [2.75, 3.05) is 0 Å². The van der Waals surface area contributed by atoms with Gasteiger partial charge < -0.3 is 0 Å². The highest BCUT2D eigenvalue weighted by atomic mass is 15.0. The molecule has 1 aliphatic rings. The summed E-state index contributed by atoms with van der Waals surface area (Å²) in [4.78, 5) is 31.7. The van der Waals surface area contributed by atoms with Gasteiger partial charge in [-0.15, -0.1) is 0 Å². The van der Waals surface area contributed by atoms with E-state index in [2.05, 4.69) is 187 Å². The van der Waals surface area contributed by atoms with Crippen molar-refractivity contribution in [3.05, 3.63) is 199 Å². The van der Waals surface area contributed by atoms with Crippen molar-refractivity contribution in [1.82, 2.24) is 15.0 Å². The maximum atomic E-state index is 5.61. The number of pyridine rings is 3. The summed E-state index contributed by atoms with van der Waals surface area (Å²) >= 11 is 0. The molecule has 6 heteroatoms. The molecule has 0 spiro atoms. The van der Waals surface area contributed by atoms with Gasteiger partial charge >= 0.3 is 0 Å². The summed E-state index contributed by atoms with van der Waals surface area (Å²) in [5.74, 6) is 0. The predicted octanol–water partition coefficient (Wildman–Crippen LogP) is 14.6. The number of hydrogen-bond donors (Lipinski definition) is 0. The minimum atomic E-state index is -0.449. The average molecular weight is 859 g/mol. The van der Waals surface area contributed by atoms with Crippen LogP contribution in [-0.4, -0.2) is 48.7 Å². The van der Waals surface area contributed by atoms with Crippen molar-refractivity contribution >= 4 is 49.8 Å². The van der Waals surface area contributed by atoms with Crippen LogP contribution in [0.15, 0.2) is 197 Å². The lowest BCUT2D eigenvalue weighted by molar-refractivity contribution is 0.148. The summed E-state index contributed by atoms with van der Waals surface area (Å²) in [6, 6.07) is 63.5. The van der Waals surface area contributed by atoms with Crippen molar-refractivity contribution in [2.24, 2.45) is 15.0 Å². The largest absolute Gasteiger partial charge is 0.283 e. The van der Waals surface area contributed by atoms with E-state index >= 15 is 0 Å². The molecule has 0 N–H and O–H groups in total. The summed E-state index contributed by atoms with van der Waals surface area (Å²) in [7, 11) is 0. The number of benzene rings is 6. The Morgan fingerprint density at radius 2 is 0.591 bits per heavy atom. The number of fused-ring (bicyclic) bond motifs is 3. The van der Waals surface area contributed by atoms with Gasteiger partial charge in [-0.3, -0.25) is 15.0 Å². The fourth-order valence-corrected chi connectivity index (χ4v) is 10.6. The molecule has 0 radical (unpaired) electrons. The van der Waals surface area contributed by atoms with Crippen LogP contribution in [0.4, 0.5) is 0 Å². The van der Waals surface area contributed by atoms with Crippen LogP contribution in [-0.2, 0) is 0 Å². The van der Waals surface area contributed by atoms with Gasteiger partial charge in [-0.2, -0.15) is 0 Å². The van der Waals surface area contributed by atoms with E-state index in [0.717, 1.165) is 120 Å². The summed E-state index contributed by atoms with van der Waals surface area (Å²) in [5.41, 5.74) is 14.0. The Morgan fingerprint density at radius 3 is 0.864 bits per heavy atom. The van der Waals surface area contributed by atoms with Gasteiger partial charge in [0.25, 0.3) is 0 Å². The molecule has 324 valence electrons. The Balaban J connectivity index is 0.958. The fraction of sp³-hybridized carbons (Fsp3) is 0.200. The van der Waals surface area contributed by atoms with Gasteiger partial charge in [-0.1, -0.05) is 146 Å². The molecular weight excluding hydrogens is 805 g/mol. The van der Waals surface area contributed by atoms with Gasteiger partial charge in [0.15, 0.2) is 0 Å². The molecule has 9 aromatic rings. The van der Waals surface area contributed by atoms with Crippen LogP contribution in [0.5, 0.6) is 0 Å². The highest BCUT2D eigenvalue weighted by molar-refractivity contribution is 6.01. The van der Waals surface area contributed by atoms with Crippen LogP contribution < -0.4 is 0 Å². The van der Waals surface area contributed by atoms with E-state index in [0.29, 0.717) is 0 Å². The standard InChI is InChI=1S/C60H54N6/c1-40(43-19-25-49(26-20-43)55-34-31-46-13-7-10-16-52(46)61-55)64-58(4)37-59(5,65-41(2)44-21-27-50(28-22-44)56-35-32-47-14-8-11-17-53(47)62-56)39-60(6,38-58)66-42(3)45-23-29-51(30-24-45)57-36-33-48-15-9-12-18-54(48)63-57/h7-36H,37-39H2,1-6H3/b64-40-,65-41-,66-42-. The van der Waals surface area contributed by atoms with E-state index in [4.69, 9.17) is 29.9 Å². The molecule has 3 aromatic heterocycles. The summed E-state index contributed by atoms with van der Waals surface area (Å²) < 4.78 is 0. The first-order valence-electron chi connectivity index (χ1n) is 23.0. The third-order valence-corrected chi connectivity index (χ3v) is 13.2. The van der Waals surface area contributed by atoms with Crippen molar-refractivity contribution in [3.8, 4) is 33.8 Å². The zero-order valence-electron chi connectivity index (χ0n) is 38.6. The van der Waals surface area contributed by atoms with E-state index in [1.807, 2.05) is 36.4 Å². The van der Waals surface area contributed by atoms with Crippen LogP contribution in [0.25, 0.3) is 66.5 Å². The number of rotatable bonds is 9. The lowest BCUT2D eigenvalue weighted by Gasteiger charge is -2.48. The molecule has 6 nitrogen and oxygen atoms in total. The van der Waals surface area contributed by atoms with Crippen LogP contribution in [0, 0.1) is 0 Å². The third-order valence-electron chi connectivity index (χ3n) is 13.2. The normalized spacial score (nSPS) is 20.5. The summed E-state index contributed by atoms with van der Waals surface area (Å²) in [6.07, 6.45) is 2.35. The van der Waals surface area contributed by atoms with E-state index in [9.17, 15) is 0 Å². The number of para-hydroxylation sites is 3. The van der Waals surface area contributed by atoms with E-state index in [1.165, 1.54) is 0 Å². The molecule has 66 heavy (non-hydrogen) atoms. The molecule has 1 aliphatic carbocycles. The molecule has 6 aromatic carbocycles. The van der Waals surface area contributed by atoms with Crippen molar-refractivity contribution in [1.29, 1.82) is 0 Å². The second-order valence-electron chi connectivity index (χ2n) is 19.0. The number of nitrogens with zero attached hydrogens (tertiary/aromatic N) is 6. The quantitative estimate of drug-likeness (QED) is 0.136. The van der Waals surface area contributed by atoms with Crippen molar-refractivity contribution < 1.29 is 0 Å². The second-order valence-corrected chi connectivity index (χ2v) is 19.0. The minimum Gasteiger partial charge on any atom is -0.283 e. The SMILES string of the molecule is C/C(=N/C1(C)CC(C)(/N=C(/C)c2ccc(-c3ccc4ccccc4n3)cc2)CC(C)(/N=C(/C)c2ccc(-c3ccc4ccccc4n3)cc2)C1)c1ccc(-c2ccc3ccccc3n2)cc1. The molecule has 0 saturated heterocycles. The maximum Gasteiger partial charge on any atom is 0.0709 e. The Labute approximate surface area is 388 Å². The molecule has 0 atom stereocenters. The first-order valence-corrected chi connectivity index (χ1v) is 23.0. The predicted molar refractivity (Wildman–Crippen MR) is 277 cm³/mol. The van der Waals surface area contributed by atoms with Gasteiger partial charge in [-0.25, -0.2) is 15.0 Å². The number of hydrogen-bond acceptors (Lipinski definition) is 6. The maximum absolute atomic E-state index is 5.61. The molecule has 3 heterocycles. The molecule has 0 bridgehead atoms. The average Bonchev–Trinajstić information content (AvgIpc) is 3.32. The molecule has 0 aliphatic heterocycles. The molecule has 1 saturated carbocycles. The first-order chi connectivity index (χ1) is 31.9. The summed E-state index contributed by atoms with van der Waals surface area (Å²) in [6.45, 7) is 13.3. The Bertz CT molecular complexity index is 2980. The minimum absolute atomic E-state index is 0.449. The zero-order valence-corrected chi connectivity index (χ0v) is 38.6. The smallest absolute Gasteiger partial charge is 0.0709 e. The Morgan fingerprint density at radius 1 is 0.333 bits per heavy atom. The Hall–Kier alpha value is -7.44. The monoisotopic (exact) mass is 858 g/mol. The zero-order chi connectivity index (χ0) is 45.5. The molecule has 0 unspecified atom stereocenters. The fourth-order valence-electron chi connectivity index (χ4n) is 10.6. The number of aliphatic imine (C=N–C) groups is 3. The van der Waals surface area contributed by atoms with Gasteiger partial charge in [0.1, 0.15) is 0 Å². The molecule has 0 amide bonds. The van der Waals surface area contributed by atoms with Crippen LogP contribution in [0.3, 0.4) is 0 Å². The van der Waals surface area contributed by atoms with E-state index in [-0.39, 0.29) is 0 Å². The number of aromatic nitrogens is 3. The van der Waals surface area contributed by atoms with Crippen LogP contribution >= 0.6 is 0 Å². The molecular formula is C60H54N6. The lowest BCUT2D eigenvalue weighted by atomic mass is 9.65. The lowest BCUT2D eigenvalue weighted by Crippen LogP contribution is -2.51. The third kappa shape index (κ3) is 8.96. The molecule has 10 rings (SSSR count). The molecule has 1 fully saturated rings. The highest BCUT2D eigenvalue weighted by Crippen LogP contribution is 2.48. The van der Waals surface area contributed by atoms with Gasteiger partial charge in [0, 0.05) is 50.0 Å². The van der Waals surface area contributed by atoms with E-state index in [1.54, 1.807) is 0 Å².